The molecule has 0 bridgehead atoms. The molecule has 0 aliphatic heterocycles. The molecule has 7 heteroatoms. The quantitative estimate of drug-likeness (QED) is 0.635. The van der Waals surface area contributed by atoms with Crippen molar-refractivity contribution in [1.82, 2.24) is 0 Å². The number of methoxy groups -OCH3 is 1. The first kappa shape index (κ1) is 20.3. The minimum atomic E-state index is -4.11. The fraction of sp³-hybridized carbons (Fsp3) is 0.143. The van der Waals surface area contributed by atoms with E-state index >= 15 is 4.39 Å². The van der Waals surface area contributed by atoms with Gasteiger partial charge in [0.1, 0.15) is 16.5 Å². The molecule has 3 aromatic carbocycles. The summed E-state index contributed by atoms with van der Waals surface area (Å²) in [5.74, 6) is -1.15. The van der Waals surface area contributed by atoms with Crippen LogP contribution >= 0.6 is 11.6 Å². The van der Waals surface area contributed by atoms with E-state index < -0.39 is 21.8 Å². The fourth-order valence-corrected chi connectivity index (χ4v) is 4.52. The summed E-state index contributed by atoms with van der Waals surface area (Å²) in [5.41, 5.74) is 2.04. The molecule has 146 valence electrons. The van der Waals surface area contributed by atoms with Gasteiger partial charge in [-0.3, -0.25) is 0 Å². The molecule has 0 aromatic heterocycles. The number of hydrogen-bond acceptors (Lipinski definition) is 3. The van der Waals surface area contributed by atoms with Crippen LogP contribution in [-0.4, -0.2) is 15.5 Å². The number of benzene rings is 3. The topological polar surface area (TPSA) is 69.4 Å². The molecular formula is C21H19ClFNO3S. The van der Waals surface area contributed by atoms with Crippen molar-refractivity contribution in [3.8, 4) is 16.9 Å². The Bertz CT molecular complexity index is 1120. The summed E-state index contributed by atoms with van der Waals surface area (Å²) in [6.07, 6.45) is 0. The highest BCUT2D eigenvalue weighted by Gasteiger charge is 2.28. The zero-order chi connectivity index (χ0) is 20.5. The van der Waals surface area contributed by atoms with Crippen molar-refractivity contribution in [2.75, 3.05) is 7.11 Å². The Morgan fingerprint density at radius 3 is 2.32 bits per heavy atom. The van der Waals surface area contributed by atoms with Gasteiger partial charge in [0.05, 0.1) is 12.1 Å². The van der Waals surface area contributed by atoms with Gasteiger partial charge in [-0.15, -0.1) is 0 Å². The standard InChI is InChI=1S/C21H19ClFNO3S/c1-13(15-9-6-10-18(27-2)21(15)28(24,25)26)19-16(11-12-17(22)20(19)23)14-7-4-3-5-8-14/h3-13H,1-2H3,(H2,24,25,26). The lowest BCUT2D eigenvalue weighted by molar-refractivity contribution is 0.401. The highest BCUT2D eigenvalue weighted by atomic mass is 35.5. The SMILES string of the molecule is COc1cccc(C(C)c2c(-c3ccccc3)ccc(Cl)c2F)c1S(N)(=O)=O. The van der Waals surface area contributed by atoms with E-state index in [4.69, 9.17) is 21.5 Å². The first-order valence-electron chi connectivity index (χ1n) is 8.48. The van der Waals surface area contributed by atoms with Crippen LogP contribution in [0, 0.1) is 5.82 Å². The Labute approximate surface area is 168 Å². The first-order valence-corrected chi connectivity index (χ1v) is 10.4. The van der Waals surface area contributed by atoms with Gasteiger partial charge in [0.2, 0.25) is 10.0 Å². The Hall–Kier alpha value is -2.41. The Morgan fingerprint density at radius 1 is 1.04 bits per heavy atom. The lowest BCUT2D eigenvalue weighted by Crippen LogP contribution is -2.17. The summed E-state index contributed by atoms with van der Waals surface area (Å²) in [6.45, 7) is 1.71. The van der Waals surface area contributed by atoms with Gasteiger partial charge in [0.25, 0.3) is 0 Å². The van der Waals surface area contributed by atoms with Crippen LogP contribution in [0.25, 0.3) is 11.1 Å². The van der Waals surface area contributed by atoms with Gasteiger partial charge < -0.3 is 4.74 Å². The lowest BCUT2D eigenvalue weighted by atomic mass is 9.86. The molecule has 0 heterocycles. The maximum Gasteiger partial charge on any atom is 0.242 e. The molecule has 0 saturated carbocycles. The van der Waals surface area contributed by atoms with Gasteiger partial charge in [-0.05, 0) is 28.8 Å². The summed E-state index contributed by atoms with van der Waals surface area (Å²) in [4.78, 5) is -0.164. The van der Waals surface area contributed by atoms with E-state index in [1.807, 2.05) is 30.3 Å². The zero-order valence-corrected chi connectivity index (χ0v) is 16.9. The predicted octanol–water partition coefficient (Wildman–Crippen LogP) is 4.95. The third kappa shape index (κ3) is 3.76. The predicted molar refractivity (Wildman–Crippen MR) is 109 cm³/mol. The zero-order valence-electron chi connectivity index (χ0n) is 15.3. The van der Waals surface area contributed by atoms with Gasteiger partial charge in [-0.1, -0.05) is 67.1 Å². The lowest BCUT2D eigenvalue weighted by Gasteiger charge is -2.22. The van der Waals surface area contributed by atoms with Crippen molar-refractivity contribution in [1.29, 1.82) is 0 Å². The monoisotopic (exact) mass is 419 g/mol. The number of rotatable bonds is 5. The molecule has 0 aliphatic carbocycles. The summed E-state index contributed by atoms with van der Waals surface area (Å²) < 4.78 is 44.8. The van der Waals surface area contributed by atoms with E-state index in [1.54, 1.807) is 25.1 Å². The van der Waals surface area contributed by atoms with Crippen LogP contribution in [0.15, 0.2) is 65.6 Å². The third-order valence-corrected chi connectivity index (χ3v) is 5.93. The average molecular weight is 420 g/mol. The molecule has 0 aliphatic rings. The molecule has 0 spiro atoms. The molecule has 0 saturated heterocycles. The minimum Gasteiger partial charge on any atom is -0.495 e. The van der Waals surface area contributed by atoms with Gasteiger partial charge >= 0.3 is 0 Å². The second-order valence-electron chi connectivity index (χ2n) is 6.33. The molecule has 1 atom stereocenters. The van der Waals surface area contributed by atoms with Gasteiger partial charge in [0.15, 0.2) is 0 Å². The summed E-state index contributed by atoms with van der Waals surface area (Å²) in [6, 6.07) is 17.2. The molecule has 3 aromatic rings. The number of hydrogen-bond donors (Lipinski definition) is 1. The van der Waals surface area contributed by atoms with Crippen LogP contribution in [0.1, 0.15) is 24.0 Å². The molecule has 2 N–H and O–H groups in total. The Morgan fingerprint density at radius 2 is 1.71 bits per heavy atom. The Kier molecular flexibility index (Phi) is 5.74. The van der Waals surface area contributed by atoms with Crippen molar-refractivity contribution in [2.24, 2.45) is 5.14 Å². The maximum atomic E-state index is 15.2. The van der Waals surface area contributed by atoms with Crippen LogP contribution in [0.2, 0.25) is 5.02 Å². The van der Waals surface area contributed by atoms with Crippen LogP contribution in [-0.2, 0) is 10.0 Å². The normalized spacial score (nSPS) is 12.6. The van der Waals surface area contributed by atoms with E-state index in [1.165, 1.54) is 19.2 Å². The Balaban J connectivity index is 2.31. The molecule has 28 heavy (non-hydrogen) atoms. The summed E-state index contributed by atoms with van der Waals surface area (Å²) >= 11 is 6.05. The molecule has 4 nitrogen and oxygen atoms in total. The second-order valence-corrected chi connectivity index (χ2v) is 8.24. The fourth-order valence-electron chi connectivity index (χ4n) is 3.35. The van der Waals surface area contributed by atoms with Crippen LogP contribution in [0.5, 0.6) is 5.75 Å². The molecule has 3 rings (SSSR count). The molecule has 1 unspecified atom stereocenters. The first-order chi connectivity index (χ1) is 13.3. The molecule has 0 fully saturated rings. The maximum absolute atomic E-state index is 15.2. The van der Waals surface area contributed by atoms with Crippen molar-refractivity contribution in [2.45, 2.75) is 17.7 Å². The molecular weight excluding hydrogens is 401 g/mol. The minimum absolute atomic E-state index is 0.0402. The van der Waals surface area contributed by atoms with Gasteiger partial charge in [0, 0.05) is 11.5 Å². The van der Waals surface area contributed by atoms with E-state index in [0.717, 1.165) is 5.56 Å². The van der Waals surface area contributed by atoms with E-state index in [9.17, 15) is 8.42 Å². The highest BCUT2D eigenvalue weighted by molar-refractivity contribution is 7.89. The summed E-state index contributed by atoms with van der Waals surface area (Å²) in [7, 11) is -2.76. The van der Waals surface area contributed by atoms with Crippen molar-refractivity contribution < 1.29 is 17.5 Å². The number of nitrogens with two attached hydrogens (primary N) is 1. The number of sulfonamides is 1. The van der Waals surface area contributed by atoms with Crippen LogP contribution in [0.3, 0.4) is 0 Å². The van der Waals surface area contributed by atoms with E-state index in [0.29, 0.717) is 11.1 Å². The van der Waals surface area contributed by atoms with Crippen LogP contribution < -0.4 is 9.88 Å². The van der Waals surface area contributed by atoms with Crippen molar-refractivity contribution in [3.63, 3.8) is 0 Å². The number of primary sulfonamides is 1. The highest BCUT2D eigenvalue weighted by Crippen LogP contribution is 2.41. The van der Waals surface area contributed by atoms with Crippen LogP contribution in [0.4, 0.5) is 4.39 Å². The van der Waals surface area contributed by atoms with Gasteiger partial charge in [-0.25, -0.2) is 17.9 Å². The largest absolute Gasteiger partial charge is 0.495 e. The number of halogens is 2. The van der Waals surface area contributed by atoms with Crippen molar-refractivity contribution >= 4 is 21.6 Å². The smallest absolute Gasteiger partial charge is 0.242 e. The summed E-state index contributed by atoms with van der Waals surface area (Å²) in [5, 5.41) is 5.40. The van der Waals surface area contributed by atoms with Crippen molar-refractivity contribution in [3.05, 3.63) is 82.6 Å². The third-order valence-electron chi connectivity index (χ3n) is 4.63. The van der Waals surface area contributed by atoms with Gasteiger partial charge in [-0.2, -0.15) is 0 Å². The van der Waals surface area contributed by atoms with E-state index in [2.05, 4.69) is 0 Å². The average Bonchev–Trinajstić information content (AvgIpc) is 2.68. The van der Waals surface area contributed by atoms with E-state index in [-0.39, 0.29) is 21.2 Å². The molecule has 0 radical (unpaired) electrons. The number of ether oxygens (including phenoxy) is 1. The molecule has 0 amide bonds. The second kappa shape index (κ2) is 7.91.